The predicted molar refractivity (Wildman–Crippen MR) is 97.0 cm³/mol. The summed E-state index contributed by atoms with van der Waals surface area (Å²) in [5.74, 6) is 0.288. The maximum absolute atomic E-state index is 12.6. The van der Waals surface area contributed by atoms with Crippen LogP contribution in [0.5, 0.6) is 0 Å². The number of para-hydroxylation sites is 1. The molecule has 0 aromatic heterocycles. The highest BCUT2D eigenvalue weighted by Gasteiger charge is 2.37. The van der Waals surface area contributed by atoms with Gasteiger partial charge in [-0.2, -0.15) is 0 Å². The molecule has 2 aliphatic rings. The van der Waals surface area contributed by atoms with Crippen LogP contribution in [0.2, 0.25) is 0 Å². The Kier molecular flexibility index (Phi) is 3.65. The Morgan fingerprint density at radius 1 is 1.12 bits per heavy atom. The smallest absolute Gasteiger partial charge is 0.233 e. The van der Waals surface area contributed by atoms with Crippen molar-refractivity contribution >= 4 is 29.2 Å². The molecule has 2 N–H and O–H groups in total. The zero-order chi connectivity index (χ0) is 16.7. The fourth-order valence-corrected chi connectivity index (χ4v) is 4.17. The van der Waals surface area contributed by atoms with E-state index in [2.05, 4.69) is 5.32 Å². The number of anilines is 1. The first-order valence-corrected chi connectivity index (χ1v) is 8.70. The maximum atomic E-state index is 12.6. The third kappa shape index (κ3) is 2.41. The van der Waals surface area contributed by atoms with Crippen LogP contribution in [0.4, 0.5) is 5.69 Å². The molecule has 2 heterocycles. The number of hydrogen-bond acceptors (Lipinski definition) is 4. The minimum Gasteiger partial charge on any atom is -0.349 e. The molecule has 0 bridgehead atoms. The average molecular weight is 335 g/mol. The first kappa shape index (κ1) is 15.0. The van der Waals surface area contributed by atoms with Crippen LogP contribution in [0, 0.1) is 5.41 Å². The maximum Gasteiger partial charge on any atom is 0.233 e. The number of benzene rings is 2. The van der Waals surface area contributed by atoms with Gasteiger partial charge in [-0.05, 0) is 24.6 Å². The van der Waals surface area contributed by atoms with Crippen molar-refractivity contribution in [1.82, 2.24) is 4.90 Å². The third-order valence-corrected chi connectivity index (χ3v) is 5.54. The van der Waals surface area contributed by atoms with E-state index in [1.165, 1.54) is 0 Å². The summed E-state index contributed by atoms with van der Waals surface area (Å²) in [5.41, 5.74) is 2.86. The molecule has 4 nitrogen and oxygen atoms in total. The van der Waals surface area contributed by atoms with Crippen molar-refractivity contribution < 1.29 is 4.79 Å². The first-order valence-electron chi connectivity index (χ1n) is 7.88. The van der Waals surface area contributed by atoms with Gasteiger partial charge in [0, 0.05) is 10.5 Å². The van der Waals surface area contributed by atoms with Crippen LogP contribution in [0.3, 0.4) is 0 Å². The monoisotopic (exact) mass is 335 g/mol. The lowest BCUT2D eigenvalue weighted by Crippen LogP contribution is -2.32. The molecule has 1 saturated heterocycles. The molecule has 0 unspecified atom stereocenters. The highest BCUT2D eigenvalue weighted by Crippen LogP contribution is 2.44. The highest BCUT2D eigenvalue weighted by molar-refractivity contribution is 8.03. The summed E-state index contributed by atoms with van der Waals surface area (Å²) in [6.45, 7) is 1.97. The molecule has 1 atom stereocenters. The van der Waals surface area contributed by atoms with Crippen LogP contribution >= 0.6 is 11.8 Å². The van der Waals surface area contributed by atoms with E-state index < -0.39 is 0 Å². The molecule has 4 rings (SSSR count). The minimum absolute atomic E-state index is 0.0165. The first-order chi connectivity index (χ1) is 11.6. The Morgan fingerprint density at radius 3 is 2.58 bits per heavy atom. The standard InChI is InChI=1S/C19H17N3OS/c1-12(13-7-3-2-4-8-13)22-17(23)11-14(18(22)20)19-21-15-9-5-6-10-16(15)24-19/h2-10,12,20-21H,11H2,1H3/b19-14+,20-18?/t12-/m0/s1. The lowest BCUT2D eigenvalue weighted by molar-refractivity contribution is -0.126. The summed E-state index contributed by atoms with van der Waals surface area (Å²) >= 11 is 1.60. The summed E-state index contributed by atoms with van der Waals surface area (Å²) < 4.78 is 0. The number of hydrogen-bond donors (Lipinski definition) is 2. The molecule has 5 heteroatoms. The van der Waals surface area contributed by atoms with Gasteiger partial charge >= 0.3 is 0 Å². The van der Waals surface area contributed by atoms with Crippen molar-refractivity contribution in [3.05, 3.63) is 70.8 Å². The summed E-state index contributed by atoms with van der Waals surface area (Å²) in [5, 5.41) is 12.8. The van der Waals surface area contributed by atoms with E-state index in [0.717, 1.165) is 26.7 Å². The number of thioether (sulfide) groups is 1. The fraction of sp³-hybridized carbons (Fsp3) is 0.158. The lowest BCUT2D eigenvalue weighted by Gasteiger charge is -2.24. The molecule has 2 aromatic rings. The predicted octanol–water partition coefficient (Wildman–Crippen LogP) is 4.39. The molecular weight excluding hydrogens is 318 g/mol. The van der Waals surface area contributed by atoms with E-state index in [1.807, 2.05) is 61.5 Å². The Hall–Kier alpha value is -2.53. The third-order valence-electron chi connectivity index (χ3n) is 4.41. The van der Waals surface area contributed by atoms with Crippen molar-refractivity contribution in [2.24, 2.45) is 0 Å². The quantitative estimate of drug-likeness (QED) is 0.856. The number of nitrogens with zero attached hydrogens (tertiary/aromatic N) is 1. The molecule has 120 valence electrons. The topological polar surface area (TPSA) is 56.2 Å². The van der Waals surface area contributed by atoms with E-state index in [1.54, 1.807) is 16.7 Å². The zero-order valence-electron chi connectivity index (χ0n) is 13.2. The normalized spacial score (nSPS) is 21.0. The minimum atomic E-state index is -0.141. The van der Waals surface area contributed by atoms with Gasteiger partial charge in [0.25, 0.3) is 0 Å². The van der Waals surface area contributed by atoms with Gasteiger partial charge in [-0.1, -0.05) is 54.2 Å². The molecule has 0 spiro atoms. The largest absolute Gasteiger partial charge is 0.349 e. The number of amides is 1. The number of carbonyl (C=O) groups excluding carboxylic acids is 1. The van der Waals surface area contributed by atoms with Gasteiger partial charge in [0.1, 0.15) is 5.84 Å². The van der Waals surface area contributed by atoms with Gasteiger partial charge in [0.05, 0.1) is 23.2 Å². The second kappa shape index (κ2) is 5.83. The number of amidine groups is 1. The van der Waals surface area contributed by atoms with Gasteiger partial charge in [-0.15, -0.1) is 0 Å². The van der Waals surface area contributed by atoms with Crippen molar-refractivity contribution in [1.29, 1.82) is 5.41 Å². The van der Waals surface area contributed by atoms with E-state index in [0.29, 0.717) is 5.84 Å². The van der Waals surface area contributed by atoms with Gasteiger partial charge in [0.2, 0.25) is 5.91 Å². The Balaban J connectivity index is 1.64. The van der Waals surface area contributed by atoms with Gasteiger partial charge < -0.3 is 5.32 Å². The number of likely N-dealkylation sites (tertiary alicyclic amines) is 1. The van der Waals surface area contributed by atoms with Crippen LogP contribution in [0.15, 0.2) is 70.1 Å². The van der Waals surface area contributed by atoms with Gasteiger partial charge in [-0.25, -0.2) is 0 Å². The highest BCUT2D eigenvalue weighted by atomic mass is 32.2. The number of rotatable bonds is 2. The van der Waals surface area contributed by atoms with Gasteiger partial charge in [0.15, 0.2) is 0 Å². The van der Waals surface area contributed by atoms with Crippen molar-refractivity contribution in [2.75, 3.05) is 5.32 Å². The summed E-state index contributed by atoms with van der Waals surface area (Å²) in [4.78, 5) is 15.3. The van der Waals surface area contributed by atoms with E-state index in [4.69, 9.17) is 5.41 Å². The molecule has 0 saturated carbocycles. The molecule has 24 heavy (non-hydrogen) atoms. The summed E-state index contributed by atoms with van der Waals surface area (Å²) in [6.07, 6.45) is 0.277. The summed E-state index contributed by atoms with van der Waals surface area (Å²) in [7, 11) is 0. The fourth-order valence-electron chi connectivity index (χ4n) is 3.12. The number of fused-ring (bicyclic) bond motifs is 1. The molecular formula is C19H17N3OS. The molecule has 2 aromatic carbocycles. The van der Waals surface area contributed by atoms with Crippen LogP contribution in [0.25, 0.3) is 0 Å². The Bertz CT molecular complexity index is 833. The van der Waals surface area contributed by atoms with Gasteiger partial charge in [-0.3, -0.25) is 15.1 Å². The number of carbonyl (C=O) groups is 1. The van der Waals surface area contributed by atoms with Crippen molar-refractivity contribution in [2.45, 2.75) is 24.3 Å². The van der Waals surface area contributed by atoms with Crippen molar-refractivity contribution in [3.63, 3.8) is 0 Å². The zero-order valence-corrected chi connectivity index (χ0v) is 14.1. The molecule has 1 amide bonds. The van der Waals surface area contributed by atoms with Crippen molar-refractivity contribution in [3.8, 4) is 0 Å². The number of nitrogens with one attached hydrogen (secondary N) is 2. The molecule has 2 aliphatic heterocycles. The van der Waals surface area contributed by atoms with E-state index >= 15 is 0 Å². The van der Waals surface area contributed by atoms with Crippen LogP contribution < -0.4 is 5.32 Å². The van der Waals surface area contributed by atoms with E-state index in [-0.39, 0.29) is 18.4 Å². The Labute approximate surface area is 145 Å². The second-order valence-electron chi connectivity index (χ2n) is 5.91. The SMILES string of the molecule is C[C@@H](c1ccccc1)N1C(=N)/C(=C2\Nc3ccccc3S2)CC1=O. The molecule has 0 aliphatic carbocycles. The Morgan fingerprint density at radius 2 is 1.83 bits per heavy atom. The molecule has 0 radical (unpaired) electrons. The lowest BCUT2D eigenvalue weighted by atomic mass is 10.1. The average Bonchev–Trinajstić information content (AvgIpc) is 3.15. The van der Waals surface area contributed by atoms with Crippen LogP contribution in [0.1, 0.15) is 24.9 Å². The summed E-state index contributed by atoms with van der Waals surface area (Å²) in [6, 6.07) is 17.8. The van der Waals surface area contributed by atoms with Crippen LogP contribution in [-0.2, 0) is 4.79 Å². The molecule has 1 fully saturated rings. The van der Waals surface area contributed by atoms with E-state index in [9.17, 15) is 4.79 Å². The van der Waals surface area contributed by atoms with Crippen LogP contribution in [-0.4, -0.2) is 16.6 Å². The second-order valence-corrected chi connectivity index (χ2v) is 6.96.